The molecular weight excluding hydrogens is 801 g/mol. The number of hydrogen-bond acceptors (Lipinski definition) is 8. The van der Waals surface area contributed by atoms with Gasteiger partial charge in [0.05, 0.1) is 26.4 Å². The van der Waals surface area contributed by atoms with E-state index in [2.05, 4.69) is 132 Å². The molecule has 4 heterocycles. The van der Waals surface area contributed by atoms with Crippen LogP contribution in [0.3, 0.4) is 0 Å². The van der Waals surface area contributed by atoms with Crippen molar-refractivity contribution >= 4 is 0 Å². The van der Waals surface area contributed by atoms with Gasteiger partial charge in [-0.1, -0.05) is 132 Å². The van der Waals surface area contributed by atoms with Gasteiger partial charge in [-0.2, -0.15) is 0 Å². The molecule has 4 atom stereocenters. The first kappa shape index (κ1) is 45.1. The Hall–Kier alpha value is -4.08. The van der Waals surface area contributed by atoms with Crippen molar-refractivity contribution in [3.63, 3.8) is 0 Å². The molecule has 4 saturated heterocycles. The molecule has 0 saturated carbocycles. The zero-order valence-corrected chi connectivity index (χ0v) is 40.7. The van der Waals surface area contributed by atoms with Crippen molar-refractivity contribution in [2.75, 3.05) is 52.9 Å². The van der Waals surface area contributed by atoms with Gasteiger partial charge in [-0.25, -0.2) is 0 Å². The van der Waals surface area contributed by atoms with Crippen LogP contribution in [0.1, 0.15) is 150 Å². The fourth-order valence-electron chi connectivity index (χ4n) is 8.72. The van der Waals surface area contributed by atoms with Crippen molar-refractivity contribution in [1.82, 2.24) is 0 Å². The molecule has 4 aromatic carbocycles. The molecular formula is C56H72O8. The van der Waals surface area contributed by atoms with Crippen molar-refractivity contribution in [1.29, 1.82) is 0 Å². The minimum absolute atomic E-state index is 0.0947. The molecule has 5 aliphatic rings. The summed E-state index contributed by atoms with van der Waals surface area (Å²) in [6.45, 7) is 32.5. The Kier molecular flexibility index (Phi) is 12.0. The Bertz CT molecular complexity index is 1940. The number of benzene rings is 4. The summed E-state index contributed by atoms with van der Waals surface area (Å²) in [6.07, 6.45) is 2.88. The molecule has 344 valence electrons. The van der Waals surface area contributed by atoms with Gasteiger partial charge in [0.15, 0.2) is 0 Å². The zero-order valence-electron chi connectivity index (χ0n) is 40.7. The summed E-state index contributed by atoms with van der Waals surface area (Å²) in [4.78, 5) is 0. The van der Waals surface area contributed by atoms with Gasteiger partial charge in [0.2, 0.25) is 0 Å². The summed E-state index contributed by atoms with van der Waals surface area (Å²) in [5.74, 6) is 3.69. The van der Waals surface area contributed by atoms with Gasteiger partial charge >= 0.3 is 0 Å². The second-order valence-electron chi connectivity index (χ2n) is 23.3. The molecule has 4 aromatic rings. The smallest absolute Gasteiger partial charge is 0.126 e. The number of hydrogen-bond donors (Lipinski definition) is 0. The van der Waals surface area contributed by atoms with E-state index < -0.39 is 0 Å². The van der Waals surface area contributed by atoms with Gasteiger partial charge < -0.3 is 37.9 Å². The maximum atomic E-state index is 7.01. The molecule has 64 heavy (non-hydrogen) atoms. The van der Waals surface area contributed by atoms with Crippen molar-refractivity contribution in [3.05, 3.63) is 115 Å². The lowest BCUT2D eigenvalue weighted by Crippen LogP contribution is -2.19. The second kappa shape index (κ2) is 17.0. The molecule has 1 aliphatic carbocycles. The van der Waals surface area contributed by atoms with Crippen molar-refractivity contribution in [3.8, 4) is 23.0 Å². The van der Waals surface area contributed by atoms with Gasteiger partial charge in [-0.15, -0.1) is 0 Å². The van der Waals surface area contributed by atoms with E-state index in [0.29, 0.717) is 52.1 Å². The van der Waals surface area contributed by atoms with Gasteiger partial charge in [0.1, 0.15) is 73.8 Å². The lowest BCUT2D eigenvalue weighted by atomic mass is 9.79. The van der Waals surface area contributed by atoms with Crippen molar-refractivity contribution in [2.24, 2.45) is 0 Å². The van der Waals surface area contributed by atoms with Gasteiger partial charge in [-0.05, 0) is 88.4 Å². The number of ether oxygens (including phenoxy) is 8. The zero-order chi connectivity index (χ0) is 45.3. The summed E-state index contributed by atoms with van der Waals surface area (Å²) < 4.78 is 51.1. The molecule has 8 heteroatoms. The highest BCUT2D eigenvalue weighted by Gasteiger charge is 2.33. The Morgan fingerprint density at radius 2 is 0.484 bits per heavy atom. The Labute approximate surface area is 382 Å². The summed E-state index contributed by atoms with van der Waals surface area (Å²) >= 11 is 0. The van der Waals surface area contributed by atoms with E-state index in [1.54, 1.807) is 0 Å². The van der Waals surface area contributed by atoms with Crippen LogP contribution >= 0.6 is 0 Å². The predicted molar refractivity (Wildman–Crippen MR) is 253 cm³/mol. The molecule has 0 N–H and O–H groups in total. The SMILES string of the molecule is CC(C)(C)c1cc2c(OCC3CO3)c(c1)Cc1cc(C(C)(C)C)cc(c1OCC1CO1)Cc1cc(C(C)(C)C)cc(c1OCC1CO1)Cc1cc(C(C)(C)C)cc(c1OCC1CO1)C2. The van der Waals surface area contributed by atoms with Crippen LogP contribution in [0.15, 0.2) is 48.5 Å². The van der Waals surface area contributed by atoms with Crippen molar-refractivity contribution < 1.29 is 37.9 Å². The first-order valence-electron chi connectivity index (χ1n) is 23.8. The van der Waals surface area contributed by atoms with Crippen LogP contribution in [-0.4, -0.2) is 77.3 Å². The normalized spacial score (nSPS) is 21.6. The van der Waals surface area contributed by atoms with Crippen LogP contribution in [0, 0.1) is 0 Å². The first-order valence-corrected chi connectivity index (χ1v) is 23.8. The van der Waals surface area contributed by atoms with Gasteiger partial charge in [-0.3, -0.25) is 0 Å². The largest absolute Gasteiger partial charge is 0.490 e. The minimum atomic E-state index is -0.125. The summed E-state index contributed by atoms with van der Waals surface area (Å²) in [5, 5.41) is 0. The van der Waals surface area contributed by atoms with Gasteiger partial charge in [0.25, 0.3) is 0 Å². The molecule has 0 spiro atoms. The third kappa shape index (κ3) is 10.8. The maximum absolute atomic E-state index is 7.01. The molecule has 4 unspecified atom stereocenters. The Morgan fingerprint density at radius 1 is 0.328 bits per heavy atom. The van der Waals surface area contributed by atoms with Crippen LogP contribution in [0.2, 0.25) is 0 Å². The molecule has 0 aromatic heterocycles. The van der Waals surface area contributed by atoms with Crippen molar-refractivity contribution in [2.45, 2.75) is 155 Å². The molecule has 0 amide bonds. The van der Waals surface area contributed by atoms with Crippen LogP contribution in [0.5, 0.6) is 23.0 Å². The molecule has 9 rings (SSSR count). The van der Waals surface area contributed by atoms with Crippen LogP contribution in [0.4, 0.5) is 0 Å². The van der Waals surface area contributed by atoms with E-state index in [0.717, 1.165) is 93.9 Å². The van der Waals surface area contributed by atoms with E-state index in [1.807, 2.05) is 0 Å². The minimum Gasteiger partial charge on any atom is -0.490 e. The number of fused-ring (bicyclic) bond motifs is 8. The first-order chi connectivity index (χ1) is 30.2. The summed E-state index contributed by atoms with van der Waals surface area (Å²) in [6, 6.07) is 19.1. The standard InChI is InChI=1S/C56H72O8/c1-53(2,3)41-17-33-13-35-19-42(54(4,5)6)21-37(50(35)62-30-46-26-58-46)15-39-23-44(56(10,11)12)24-40(52(39)64-32-48-28-60-48)16-38-22-43(55(7,8)9)20-36(51(38)63-31-47-27-59-47)14-34(18-41)49(33)61-29-45-25-57-45/h17-24,45-48H,13-16,25-32H2,1-12H3. The molecule has 8 nitrogen and oxygen atoms in total. The monoisotopic (exact) mass is 873 g/mol. The van der Waals surface area contributed by atoms with E-state index in [1.165, 1.54) is 22.3 Å². The van der Waals surface area contributed by atoms with E-state index >= 15 is 0 Å². The number of rotatable bonds is 12. The number of epoxide rings is 4. The summed E-state index contributed by atoms with van der Waals surface area (Å²) in [5.41, 5.74) is 13.7. The lowest BCUT2D eigenvalue weighted by Gasteiger charge is -2.29. The van der Waals surface area contributed by atoms with Crippen LogP contribution < -0.4 is 18.9 Å². The van der Waals surface area contributed by atoms with Crippen LogP contribution in [0.25, 0.3) is 0 Å². The molecule has 0 radical (unpaired) electrons. The summed E-state index contributed by atoms with van der Waals surface area (Å²) in [7, 11) is 0. The highest BCUT2D eigenvalue weighted by Crippen LogP contribution is 2.45. The quantitative estimate of drug-likeness (QED) is 0.115. The average Bonchev–Trinajstić information content (AvgIpc) is 4.00. The fourth-order valence-corrected chi connectivity index (χ4v) is 8.72. The fraction of sp³-hybridized carbons (Fsp3) is 0.571. The van der Waals surface area contributed by atoms with E-state index in [-0.39, 0.29) is 46.1 Å². The predicted octanol–water partition coefficient (Wildman–Crippen LogP) is 10.7. The Balaban J connectivity index is 1.35. The Morgan fingerprint density at radius 3 is 0.609 bits per heavy atom. The third-order valence-corrected chi connectivity index (χ3v) is 13.2. The van der Waals surface area contributed by atoms with E-state index in [9.17, 15) is 0 Å². The van der Waals surface area contributed by atoms with E-state index in [4.69, 9.17) is 37.9 Å². The van der Waals surface area contributed by atoms with Gasteiger partial charge in [0, 0.05) is 25.7 Å². The maximum Gasteiger partial charge on any atom is 0.126 e. The molecule has 4 fully saturated rings. The lowest BCUT2D eigenvalue weighted by molar-refractivity contribution is 0.255. The molecule has 4 aliphatic heterocycles. The second-order valence-corrected chi connectivity index (χ2v) is 23.3. The van der Waals surface area contributed by atoms with Crippen LogP contribution in [-0.2, 0) is 66.3 Å². The average molecular weight is 873 g/mol. The third-order valence-electron chi connectivity index (χ3n) is 13.2. The topological polar surface area (TPSA) is 87.0 Å². The highest BCUT2D eigenvalue weighted by atomic mass is 16.6. The highest BCUT2D eigenvalue weighted by molar-refractivity contribution is 5.60. The molecule has 8 bridgehead atoms.